The van der Waals surface area contributed by atoms with E-state index in [1.54, 1.807) is 20.4 Å². The van der Waals surface area contributed by atoms with Crippen LogP contribution in [0.15, 0.2) is 16.7 Å². The number of nitrogens with zero attached hydrogens (tertiary/aromatic N) is 2. The highest BCUT2D eigenvalue weighted by Crippen LogP contribution is 2.11. The second kappa shape index (κ2) is 6.09. The van der Waals surface area contributed by atoms with Crippen LogP contribution in [0.1, 0.15) is 17.7 Å². The number of carbonyl (C=O) groups is 2. The topological polar surface area (TPSA) is 74.0 Å². The zero-order valence-corrected chi connectivity index (χ0v) is 10.8. The summed E-state index contributed by atoms with van der Waals surface area (Å²) >= 11 is 0. The molecule has 0 radical (unpaired) electrons. The van der Waals surface area contributed by atoms with Crippen LogP contribution in [0.3, 0.4) is 0 Å². The molecule has 100 valence electrons. The predicted octanol–water partition coefficient (Wildman–Crippen LogP) is 1.55. The Bertz CT molecular complexity index is 427. The number of hydrogen-bond donors (Lipinski definition) is 1. The Balaban J connectivity index is 2.50. The summed E-state index contributed by atoms with van der Waals surface area (Å²) in [6.07, 6.45) is 1.53. The van der Waals surface area contributed by atoms with Crippen LogP contribution in [-0.2, 0) is 11.3 Å². The molecule has 6 nitrogen and oxygen atoms in total. The van der Waals surface area contributed by atoms with Gasteiger partial charge in [0.05, 0.1) is 19.2 Å². The minimum Gasteiger partial charge on any atom is -0.481 e. The average molecular weight is 254 g/mol. The highest BCUT2D eigenvalue weighted by Gasteiger charge is 2.16. The molecule has 0 aromatic carbocycles. The summed E-state index contributed by atoms with van der Waals surface area (Å²) in [7, 11) is 3.26. The molecule has 0 atom stereocenters. The molecular weight excluding hydrogens is 236 g/mol. The van der Waals surface area contributed by atoms with E-state index in [2.05, 4.69) is 0 Å². The maximum atomic E-state index is 11.9. The van der Waals surface area contributed by atoms with Gasteiger partial charge in [-0.2, -0.15) is 0 Å². The third kappa shape index (κ3) is 3.80. The smallest absolute Gasteiger partial charge is 0.319 e. The normalized spacial score (nSPS) is 10.2. The minimum atomic E-state index is -0.914. The van der Waals surface area contributed by atoms with Gasteiger partial charge in [-0.25, -0.2) is 4.79 Å². The molecule has 0 saturated carbocycles. The van der Waals surface area contributed by atoms with Gasteiger partial charge in [0.25, 0.3) is 0 Å². The summed E-state index contributed by atoms with van der Waals surface area (Å²) in [6, 6.07) is 1.60. The van der Waals surface area contributed by atoms with Crippen molar-refractivity contribution in [2.24, 2.45) is 0 Å². The van der Waals surface area contributed by atoms with Crippen molar-refractivity contribution in [3.8, 4) is 0 Å². The molecule has 1 aromatic heterocycles. The third-order valence-electron chi connectivity index (χ3n) is 2.69. The van der Waals surface area contributed by atoms with Crippen LogP contribution >= 0.6 is 0 Å². The Hall–Kier alpha value is -1.98. The first-order chi connectivity index (χ1) is 8.41. The van der Waals surface area contributed by atoms with E-state index in [0.717, 1.165) is 11.3 Å². The number of rotatable bonds is 5. The first-order valence-corrected chi connectivity index (χ1v) is 5.62. The molecule has 0 bridgehead atoms. The quantitative estimate of drug-likeness (QED) is 0.865. The van der Waals surface area contributed by atoms with E-state index in [4.69, 9.17) is 9.52 Å². The second-order valence-electron chi connectivity index (χ2n) is 4.21. The SMILES string of the molecule is Cc1occc1CN(C)C(=O)N(C)CCC(=O)O. The van der Waals surface area contributed by atoms with Crippen molar-refractivity contribution in [2.45, 2.75) is 19.9 Å². The lowest BCUT2D eigenvalue weighted by molar-refractivity contribution is -0.137. The van der Waals surface area contributed by atoms with Gasteiger partial charge in [-0.05, 0) is 13.0 Å². The average Bonchev–Trinajstić information content (AvgIpc) is 2.70. The van der Waals surface area contributed by atoms with E-state index >= 15 is 0 Å². The Labute approximate surface area is 106 Å². The lowest BCUT2D eigenvalue weighted by atomic mass is 10.2. The molecule has 1 N–H and O–H groups in total. The van der Waals surface area contributed by atoms with Crippen molar-refractivity contribution in [1.29, 1.82) is 0 Å². The standard InChI is InChI=1S/C12H18N2O4/c1-9-10(5-7-18-9)8-14(3)12(17)13(2)6-4-11(15)16/h5,7H,4,6,8H2,1-3H3,(H,15,16). The lowest BCUT2D eigenvalue weighted by Crippen LogP contribution is -2.39. The van der Waals surface area contributed by atoms with Crippen molar-refractivity contribution < 1.29 is 19.1 Å². The van der Waals surface area contributed by atoms with Crippen LogP contribution < -0.4 is 0 Å². The summed E-state index contributed by atoms with van der Waals surface area (Å²) in [5.74, 6) is -0.133. The van der Waals surface area contributed by atoms with Gasteiger partial charge >= 0.3 is 12.0 Å². The van der Waals surface area contributed by atoms with Crippen LogP contribution in [0, 0.1) is 6.92 Å². The molecular formula is C12H18N2O4. The number of carboxylic acids is 1. The summed E-state index contributed by atoms with van der Waals surface area (Å²) in [5.41, 5.74) is 0.942. The fourth-order valence-corrected chi connectivity index (χ4v) is 1.55. The zero-order chi connectivity index (χ0) is 13.7. The van der Waals surface area contributed by atoms with Crippen molar-refractivity contribution >= 4 is 12.0 Å². The van der Waals surface area contributed by atoms with E-state index in [1.807, 2.05) is 13.0 Å². The Morgan fingerprint density at radius 3 is 2.50 bits per heavy atom. The molecule has 6 heteroatoms. The van der Waals surface area contributed by atoms with Gasteiger partial charge < -0.3 is 19.3 Å². The highest BCUT2D eigenvalue weighted by atomic mass is 16.4. The number of amides is 2. The third-order valence-corrected chi connectivity index (χ3v) is 2.69. The molecule has 1 rings (SSSR count). The molecule has 0 aliphatic rings. The lowest BCUT2D eigenvalue weighted by Gasteiger charge is -2.24. The Morgan fingerprint density at radius 2 is 2.00 bits per heavy atom. The van der Waals surface area contributed by atoms with Gasteiger partial charge in [-0.1, -0.05) is 0 Å². The van der Waals surface area contributed by atoms with Crippen LogP contribution in [0.4, 0.5) is 4.79 Å². The number of urea groups is 1. The van der Waals surface area contributed by atoms with Gasteiger partial charge in [0, 0.05) is 26.2 Å². The summed E-state index contributed by atoms with van der Waals surface area (Å²) in [6.45, 7) is 2.48. The number of aliphatic carboxylic acids is 1. The zero-order valence-electron chi connectivity index (χ0n) is 10.8. The largest absolute Gasteiger partial charge is 0.481 e. The van der Waals surface area contributed by atoms with Gasteiger partial charge in [0.2, 0.25) is 0 Å². The summed E-state index contributed by atoms with van der Waals surface area (Å²) in [5, 5.41) is 8.56. The highest BCUT2D eigenvalue weighted by molar-refractivity contribution is 5.75. The molecule has 0 aliphatic heterocycles. The van der Waals surface area contributed by atoms with E-state index in [0.29, 0.717) is 6.54 Å². The predicted molar refractivity (Wildman–Crippen MR) is 65.2 cm³/mol. The first-order valence-electron chi connectivity index (χ1n) is 5.62. The fraction of sp³-hybridized carbons (Fsp3) is 0.500. The maximum absolute atomic E-state index is 11.9. The maximum Gasteiger partial charge on any atom is 0.319 e. The molecule has 0 unspecified atom stereocenters. The van der Waals surface area contributed by atoms with Gasteiger partial charge in [-0.15, -0.1) is 0 Å². The van der Waals surface area contributed by atoms with Crippen molar-refractivity contribution in [3.05, 3.63) is 23.7 Å². The summed E-state index contributed by atoms with van der Waals surface area (Å²) in [4.78, 5) is 25.3. The van der Waals surface area contributed by atoms with Gasteiger partial charge in [-0.3, -0.25) is 4.79 Å². The molecule has 1 heterocycles. The molecule has 2 amide bonds. The number of hydrogen-bond acceptors (Lipinski definition) is 3. The number of furan rings is 1. The van der Waals surface area contributed by atoms with E-state index in [1.165, 1.54) is 9.80 Å². The van der Waals surface area contributed by atoms with E-state index < -0.39 is 5.97 Å². The van der Waals surface area contributed by atoms with Crippen molar-refractivity contribution in [2.75, 3.05) is 20.6 Å². The van der Waals surface area contributed by atoms with Crippen LogP contribution in [-0.4, -0.2) is 47.5 Å². The van der Waals surface area contributed by atoms with Crippen LogP contribution in [0.5, 0.6) is 0 Å². The second-order valence-corrected chi connectivity index (χ2v) is 4.21. The molecule has 0 fully saturated rings. The summed E-state index contributed by atoms with van der Waals surface area (Å²) < 4.78 is 5.16. The van der Waals surface area contributed by atoms with Crippen molar-refractivity contribution in [1.82, 2.24) is 9.80 Å². The molecule has 1 aromatic rings. The fourth-order valence-electron chi connectivity index (χ4n) is 1.55. The monoisotopic (exact) mass is 254 g/mol. The minimum absolute atomic E-state index is 0.0547. The van der Waals surface area contributed by atoms with E-state index in [-0.39, 0.29) is 19.0 Å². The number of aryl methyl sites for hydroxylation is 1. The van der Waals surface area contributed by atoms with Gasteiger partial charge in [0.1, 0.15) is 5.76 Å². The first kappa shape index (κ1) is 14.1. The molecule has 0 saturated heterocycles. The number of carbonyl (C=O) groups excluding carboxylic acids is 1. The van der Waals surface area contributed by atoms with Gasteiger partial charge in [0.15, 0.2) is 0 Å². The molecule has 0 aliphatic carbocycles. The van der Waals surface area contributed by atoms with Crippen molar-refractivity contribution in [3.63, 3.8) is 0 Å². The number of carboxylic acid groups (broad SMARTS) is 1. The molecule has 18 heavy (non-hydrogen) atoms. The van der Waals surface area contributed by atoms with Crippen LogP contribution in [0.25, 0.3) is 0 Å². The Kier molecular flexibility index (Phi) is 4.76. The Morgan fingerprint density at radius 1 is 1.33 bits per heavy atom. The molecule has 0 spiro atoms. The van der Waals surface area contributed by atoms with E-state index in [9.17, 15) is 9.59 Å². The van der Waals surface area contributed by atoms with Crippen LogP contribution in [0.2, 0.25) is 0 Å².